The van der Waals surface area contributed by atoms with Gasteiger partial charge in [0, 0.05) is 18.6 Å². The van der Waals surface area contributed by atoms with Crippen molar-refractivity contribution < 1.29 is 9.53 Å². The topological polar surface area (TPSA) is 41.6 Å². The lowest BCUT2D eigenvalue weighted by Crippen LogP contribution is -2.52. The van der Waals surface area contributed by atoms with Crippen molar-refractivity contribution in [2.45, 2.75) is 76.4 Å². The molecule has 0 spiro atoms. The highest BCUT2D eigenvalue weighted by atomic mass is 16.5. The van der Waals surface area contributed by atoms with Gasteiger partial charge in [0.05, 0.1) is 6.61 Å². The first-order chi connectivity index (χ1) is 10.2. The van der Waals surface area contributed by atoms with E-state index in [-0.39, 0.29) is 5.97 Å². The number of hydrogen-bond donors (Lipinski definition) is 1. The van der Waals surface area contributed by atoms with Crippen molar-refractivity contribution in [1.29, 1.82) is 0 Å². The van der Waals surface area contributed by atoms with Crippen LogP contribution in [0.1, 0.15) is 58.8 Å². The Morgan fingerprint density at radius 3 is 2.52 bits per heavy atom. The molecule has 0 radical (unpaired) electrons. The molecular weight excluding hydrogens is 264 g/mol. The Hall–Kier alpha value is -0.610. The van der Waals surface area contributed by atoms with E-state index in [1.54, 1.807) is 0 Å². The van der Waals surface area contributed by atoms with E-state index in [1.165, 1.54) is 32.2 Å². The molecule has 0 amide bonds. The molecule has 3 saturated carbocycles. The van der Waals surface area contributed by atoms with Gasteiger partial charge in [-0.05, 0) is 64.3 Å². The number of nitrogens with one attached hydrogen (secondary N) is 1. The van der Waals surface area contributed by atoms with Gasteiger partial charge in [-0.2, -0.15) is 0 Å². The fraction of sp³-hybridized carbons (Fsp3) is 0.941. The Morgan fingerprint density at radius 1 is 1.19 bits per heavy atom. The monoisotopic (exact) mass is 294 g/mol. The summed E-state index contributed by atoms with van der Waals surface area (Å²) < 4.78 is 5.36. The highest BCUT2D eigenvalue weighted by Crippen LogP contribution is 2.42. The summed E-state index contributed by atoms with van der Waals surface area (Å²) in [7, 11) is 0. The predicted octanol–water partition coefficient (Wildman–Crippen LogP) is 2.32. The van der Waals surface area contributed by atoms with Crippen LogP contribution in [-0.4, -0.2) is 48.2 Å². The summed E-state index contributed by atoms with van der Waals surface area (Å²) in [5.41, 5.74) is -0.424. The minimum Gasteiger partial charge on any atom is -0.465 e. The number of likely N-dealkylation sites (N-methyl/N-ethyl adjacent to an activating group) is 1. The standard InChI is InChI=1S/C17H30N2O2/c1-3-18-17(16(20)21-4-2)10-9-15(11-17)19(14-7-8-14)12-13-5-6-13/h13-15,18H,3-12H2,1-2H3. The van der Waals surface area contributed by atoms with E-state index in [4.69, 9.17) is 4.74 Å². The molecule has 4 nitrogen and oxygen atoms in total. The summed E-state index contributed by atoms with van der Waals surface area (Å²) in [6.45, 7) is 6.55. The van der Waals surface area contributed by atoms with Crippen LogP contribution in [0.5, 0.6) is 0 Å². The summed E-state index contributed by atoms with van der Waals surface area (Å²) in [5, 5.41) is 3.45. The van der Waals surface area contributed by atoms with E-state index in [9.17, 15) is 4.79 Å². The van der Waals surface area contributed by atoms with Gasteiger partial charge in [-0.3, -0.25) is 9.69 Å². The zero-order valence-electron chi connectivity index (χ0n) is 13.6. The molecule has 3 aliphatic rings. The number of ether oxygens (including phenoxy) is 1. The first-order valence-electron chi connectivity index (χ1n) is 8.86. The molecule has 0 heterocycles. The van der Waals surface area contributed by atoms with Gasteiger partial charge in [-0.15, -0.1) is 0 Å². The Kier molecular flexibility index (Phi) is 4.55. The molecule has 0 bridgehead atoms. The van der Waals surface area contributed by atoms with Gasteiger partial charge in [0.2, 0.25) is 0 Å². The van der Waals surface area contributed by atoms with Crippen molar-refractivity contribution in [2.75, 3.05) is 19.7 Å². The van der Waals surface area contributed by atoms with Crippen LogP contribution in [0, 0.1) is 5.92 Å². The second-order valence-electron chi connectivity index (χ2n) is 7.10. The van der Waals surface area contributed by atoms with E-state index < -0.39 is 5.54 Å². The normalized spacial score (nSPS) is 32.6. The van der Waals surface area contributed by atoms with Crippen LogP contribution in [0.15, 0.2) is 0 Å². The average Bonchev–Trinajstić information content (AvgIpc) is 3.37. The lowest BCUT2D eigenvalue weighted by molar-refractivity contribution is -0.151. The van der Waals surface area contributed by atoms with E-state index in [2.05, 4.69) is 17.1 Å². The summed E-state index contributed by atoms with van der Waals surface area (Å²) >= 11 is 0. The zero-order valence-corrected chi connectivity index (χ0v) is 13.6. The largest absolute Gasteiger partial charge is 0.465 e. The van der Waals surface area contributed by atoms with Crippen LogP contribution >= 0.6 is 0 Å². The summed E-state index contributed by atoms with van der Waals surface area (Å²) in [5.74, 6) is 0.902. The highest BCUT2D eigenvalue weighted by molar-refractivity contribution is 5.81. The molecule has 3 rings (SSSR count). The van der Waals surface area contributed by atoms with E-state index in [1.807, 2.05) is 6.92 Å². The second-order valence-corrected chi connectivity index (χ2v) is 7.10. The molecule has 2 atom stereocenters. The first kappa shape index (κ1) is 15.3. The van der Waals surface area contributed by atoms with E-state index >= 15 is 0 Å². The van der Waals surface area contributed by atoms with Crippen LogP contribution in [0.3, 0.4) is 0 Å². The maximum Gasteiger partial charge on any atom is 0.326 e. The third-order valence-electron chi connectivity index (χ3n) is 5.32. The lowest BCUT2D eigenvalue weighted by Gasteiger charge is -2.32. The van der Waals surface area contributed by atoms with Crippen molar-refractivity contribution >= 4 is 5.97 Å². The Morgan fingerprint density at radius 2 is 1.95 bits per heavy atom. The Labute approximate surface area is 128 Å². The quantitative estimate of drug-likeness (QED) is 0.698. The first-order valence-corrected chi connectivity index (χ1v) is 8.86. The molecule has 120 valence electrons. The van der Waals surface area contributed by atoms with Gasteiger partial charge in [-0.25, -0.2) is 0 Å². The number of rotatable bonds is 8. The van der Waals surface area contributed by atoms with Gasteiger partial charge in [0.15, 0.2) is 0 Å². The Balaban J connectivity index is 1.66. The highest BCUT2D eigenvalue weighted by Gasteiger charge is 2.49. The van der Waals surface area contributed by atoms with E-state index in [0.717, 1.165) is 37.8 Å². The van der Waals surface area contributed by atoms with Crippen LogP contribution in [-0.2, 0) is 9.53 Å². The van der Waals surface area contributed by atoms with Gasteiger partial charge in [0.25, 0.3) is 0 Å². The number of nitrogens with zero attached hydrogens (tertiary/aromatic N) is 1. The van der Waals surface area contributed by atoms with Crippen molar-refractivity contribution in [2.24, 2.45) is 5.92 Å². The minimum absolute atomic E-state index is 0.0310. The molecule has 1 N–H and O–H groups in total. The van der Waals surface area contributed by atoms with E-state index in [0.29, 0.717) is 12.6 Å². The van der Waals surface area contributed by atoms with Crippen LogP contribution in [0.2, 0.25) is 0 Å². The number of carbonyl (C=O) groups excluding carboxylic acids is 1. The molecule has 0 aromatic heterocycles. The summed E-state index contributed by atoms with van der Waals surface area (Å²) in [4.78, 5) is 15.2. The molecule has 2 unspecified atom stereocenters. The number of hydrogen-bond acceptors (Lipinski definition) is 4. The minimum atomic E-state index is -0.424. The SMILES string of the molecule is CCNC1(C(=O)OCC)CCC(N(CC2CC2)C2CC2)C1. The van der Waals surface area contributed by atoms with Crippen molar-refractivity contribution in [1.82, 2.24) is 10.2 Å². The molecule has 3 aliphatic carbocycles. The van der Waals surface area contributed by atoms with Crippen molar-refractivity contribution in [3.63, 3.8) is 0 Å². The van der Waals surface area contributed by atoms with Gasteiger partial charge < -0.3 is 10.1 Å². The third kappa shape index (κ3) is 3.42. The maximum absolute atomic E-state index is 12.4. The van der Waals surface area contributed by atoms with Crippen molar-refractivity contribution in [3.05, 3.63) is 0 Å². The molecule has 21 heavy (non-hydrogen) atoms. The maximum atomic E-state index is 12.4. The van der Waals surface area contributed by atoms with Crippen LogP contribution in [0.25, 0.3) is 0 Å². The van der Waals surface area contributed by atoms with Crippen LogP contribution in [0.4, 0.5) is 0 Å². The molecule has 3 fully saturated rings. The Bertz CT molecular complexity index is 379. The predicted molar refractivity (Wildman–Crippen MR) is 83.1 cm³/mol. The third-order valence-corrected chi connectivity index (χ3v) is 5.32. The zero-order chi connectivity index (χ0) is 14.9. The van der Waals surface area contributed by atoms with Gasteiger partial charge >= 0.3 is 5.97 Å². The average molecular weight is 294 g/mol. The van der Waals surface area contributed by atoms with Gasteiger partial charge in [-0.1, -0.05) is 6.92 Å². The number of carbonyl (C=O) groups is 1. The van der Waals surface area contributed by atoms with Crippen molar-refractivity contribution in [3.8, 4) is 0 Å². The molecule has 0 aliphatic heterocycles. The lowest BCUT2D eigenvalue weighted by atomic mass is 9.97. The molecule has 0 saturated heterocycles. The molecule has 0 aromatic carbocycles. The second kappa shape index (κ2) is 6.25. The summed E-state index contributed by atoms with van der Waals surface area (Å²) in [6.07, 6.45) is 8.53. The summed E-state index contributed by atoms with van der Waals surface area (Å²) in [6, 6.07) is 1.37. The molecular formula is C17H30N2O2. The fourth-order valence-corrected chi connectivity index (χ4v) is 3.93. The smallest absolute Gasteiger partial charge is 0.326 e. The van der Waals surface area contributed by atoms with Gasteiger partial charge in [0.1, 0.15) is 5.54 Å². The molecule has 4 heteroatoms. The molecule has 0 aromatic rings. The number of esters is 1. The van der Waals surface area contributed by atoms with Crippen LogP contribution < -0.4 is 5.32 Å². The fourth-order valence-electron chi connectivity index (χ4n) is 3.93.